The average molecular weight is 333 g/mol. The van der Waals surface area contributed by atoms with Crippen LogP contribution >= 0.6 is 0 Å². The Bertz CT molecular complexity index is 561. The van der Waals surface area contributed by atoms with Crippen molar-refractivity contribution in [3.8, 4) is 0 Å². The van der Waals surface area contributed by atoms with Crippen LogP contribution in [0, 0.1) is 5.92 Å². The molecule has 1 aromatic carbocycles. The van der Waals surface area contributed by atoms with Crippen LogP contribution in [0.25, 0.3) is 0 Å². The van der Waals surface area contributed by atoms with Crippen molar-refractivity contribution >= 4 is 17.6 Å². The molecule has 0 unspecified atom stereocenters. The molecule has 0 spiro atoms. The van der Waals surface area contributed by atoms with Crippen LogP contribution in [-0.4, -0.2) is 48.7 Å². The van der Waals surface area contributed by atoms with Crippen molar-refractivity contribution in [2.24, 2.45) is 5.92 Å². The van der Waals surface area contributed by atoms with Gasteiger partial charge in [0.1, 0.15) is 0 Å². The molecule has 1 aromatic rings. The molecule has 1 aliphatic heterocycles. The Morgan fingerprint density at radius 2 is 1.75 bits per heavy atom. The highest BCUT2D eigenvalue weighted by Crippen LogP contribution is 2.14. The third-order valence-corrected chi connectivity index (χ3v) is 3.78. The number of amides is 3. The van der Waals surface area contributed by atoms with Crippen LogP contribution in [0.2, 0.25) is 0 Å². The molecule has 1 aliphatic rings. The van der Waals surface area contributed by atoms with E-state index in [1.165, 1.54) is 0 Å². The summed E-state index contributed by atoms with van der Waals surface area (Å²) in [5, 5.41) is 5.74. The Labute approximate surface area is 143 Å². The maximum atomic E-state index is 12.3. The van der Waals surface area contributed by atoms with E-state index in [0.717, 1.165) is 0 Å². The molecule has 0 aromatic heterocycles. The zero-order valence-electron chi connectivity index (χ0n) is 14.8. The molecule has 24 heavy (non-hydrogen) atoms. The first kappa shape index (κ1) is 18.3. The van der Waals surface area contributed by atoms with Crippen LogP contribution in [-0.2, 0) is 4.74 Å². The summed E-state index contributed by atoms with van der Waals surface area (Å²) in [5.41, 5.74) is 1.26. The molecule has 0 radical (unpaired) electrons. The van der Waals surface area contributed by atoms with E-state index in [4.69, 9.17) is 4.74 Å². The molecule has 0 aliphatic carbocycles. The first-order valence-corrected chi connectivity index (χ1v) is 8.44. The fraction of sp³-hybridized carbons (Fsp3) is 0.556. The van der Waals surface area contributed by atoms with Crippen molar-refractivity contribution in [3.63, 3.8) is 0 Å². The monoisotopic (exact) mass is 333 g/mol. The number of benzene rings is 1. The highest BCUT2D eigenvalue weighted by Gasteiger charge is 2.25. The van der Waals surface area contributed by atoms with Crippen molar-refractivity contribution in [2.75, 3.05) is 25.0 Å². The fourth-order valence-electron chi connectivity index (χ4n) is 2.65. The lowest BCUT2D eigenvalue weighted by atomic mass is 10.1. The standard InChI is InChI=1S/C18H27N3O3/c1-12(2)9-19-17(22)15-5-7-16(8-6-15)20-18(23)21-10-13(3)24-14(4)11-21/h5-8,12-14H,9-11H2,1-4H3,(H,19,22)(H,20,23)/t13-,14-/m1/s1. The Morgan fingerprint density at radius 3 is 2.29 bits per heavy atom. The predicted molar refractivity (Wildman–Crippen MR) is 94.2 cm³/mol. The largest absolute Gasteiger partial charge is 0.372 e. The summed E-state index contributed by atoms with van der Waals surface area (Å²) >= 11 is 0. The van der Waals surface area contributed by atoms with E-state index in [2.05, 4.69) is 10.6 Å². The first-order valence-electron chi connectivity index (χ1n) is 8.44. The maximum Gasteiger partial charge on any atom is 0.322 e. The Balaban J connectivity index is 1.91. The van der Waals surface area contributed by atoms with E-state index in [-0.39, 0.29) is 24.1 Å². The molecule has 0 bridgehead atoms. The fourth-order valence-corrected chi connectivity index (χ4v) is 2.65. The van der Waals surface area contributed by atoms with Gasteiger partial charge in [-0.3, -0.25) is 4.79 Å². The summed E-state index contributed by atoms with van der Waals surface area (Å²) in [6.07, 6.45) is 0.0676. The Morgan fingerprint density at radius 1 is 1.17 bits per heavy atom. The number of ether oxygens (including phenoxy) is 1. The molecule has 1 fully saturated rings. The summed E-state index contributed by atoms with van der Waals surface area (Å²) in [5.74, 6) is 0.309. The second kappa shape index (κ2) is 8.15. The van der Waals surface area contributed by atoms with Crippen molar-refractivity contribution in [1.29, 1.82) is 0 Å². The van der Waals surface area contributed by atoms with Gasteiger partial charge in [-0.15, -0.1) is 0 Å². The number of anilines is 1. The van der Waals surface area contributed by atoms with Crippen LogP contribution in [0.3, 0.4) is 0 Å². The number of rotatable bonds is 4. The molecule has 2 N–H and O–H groups in total. The highest BCUT2D eigenvalue weighted by atomic mass is 16.5. The lowest BCUT2D eigenvalue weighted by molar-refractivity contribution is -0.0530. The normalized spacial score (nSPS) is 20.8. The smallest absolute Gasteiger partial charge is 0.322 e. The van der Waals surface area contributed by atoms with E-state index < -0.39 is 0 Å². The molecule has 6 heteroatoms. The lowest BCUT2D eigenvalue weighted by Gasteiger charge is -2.35. The minimum atomic E-state index is -0.144. The zero-order valence-corrected chi connectivity index (χ0v) is 14.8. The molecule has 0 saturated carbocycles. The van der Waals surface area contributed by atoms with Gasteiger partial charge in [0, 0.05) is 30.9 Å². The van der Waals surface area contributed by atoms with Gasteiger partial charge in [0.25, 0.3) is 5.91 Å². The zero-order chi connectivity index (χ0) is 17.7. The topological polar surface area (TPSA) is 70.7 Å². The van der Waals surface area contributed by atoms with Gasteiger partial charge in [0.15, 0.2) is 0 Å². The van der Waals surface area contributed by atoms with Crippen LogP contribution < -0.4 is 10.6 Å². The third kappa shape index (κ3) is 5.23. The van der Waals surface area contributed by atoms with Crippen molar-refractivity contribution in [3.05, 3.63) is 29.8 Å². The van der Waals surface area contributed by atoms with E-state index in [0.29, 0.717) is 36.8 Å². The highest BCUT2D eigenvalue weighted by molar-refractivity contribution is 5.95. The second-order valence-electron chi connectivity index (χ2n) is 6.77. The molecule has 1 heterocycles. The Hall–Kier alpha value is -2.08. The van der Waals surface area contributed by atoms with Gasteiger partial charge >= 0.3 is 6.03 Å². The Kier molecular flexibility index (Phi) is 6.20. The van der Waals surface area contributed by atoms with Gasteiger partial charge in [-0.05, 0) is 44.0 Å². The average Bonchev–Trinajstić information content (AvgIpc) is 2.52. The van der Waals surface area contributed by atoms with Crippen LogP contribution in [0.4, 0.5) is 10.5 Å². The molecule has 6 nitrogen and oxygen atoms in total. The van der Waals surface area contributed by atoms with Gasteiger partial charge in [0.2, 0.25) is 0 Å². The predicted octanol–water partition coefficient (Wildman–Crippen LogP) is 2.71. The van der Waals surface area contributed by atoms with Gasteiger partial charge in [0.05, 0.1) is 12.2 Å². The molecule has 2 atom stereocenters. The number of nitrogens with zero attached hydrogens (tertiary/aromatic N) is 1. The molecule has 1 saturated heterocycles. The van der Waals surface area contributed by atoms with E-state index in [1.807, 2.05) is 27.7 Å². The van der Waals surface area contributed by atoms with Gasteiger partial charge < -0.3 is 20.3 Å². The summed E-state index contributed by atoms with van der Waals surface area (Å²) in [4.78, 5) is 26.1. The molecule has 3 amide bonds. The summed E-state index contributed by atoms with van der Waals surface area (Å²) in [6, 6.07) is 6.78. The molecule has 2 rings (SSSR count). The van der Waals surface area contributed by atoms with Crippen LogP contribution in [0.5, 0.6) is 0 Å². The quantitative estimate of drug-likeness (QED) is 0.890. The summed E-state index contributed by atoms with van der Waals surface area (Å²) in [6.45, 7) is 9.81. The lowest BCUT2D eigenvalue weighted by Crippen LogP contribution is -2.49. The molecule has 132 valence electrons. The number of hydrogen-bond acceptors (Lipinski definition) is 3. The van der Waals surface area contributed by atoms with Gasteiger partial charge in [-0.1, -0.05) is 13.8 Å². The van der Waals surface area contributed by atoms with Crippen molar-refractivity contribution in [1.82, 2.24) is 10.2 Å². The van der Waals surface area contributed by atoms with E-state index in [1.54, 1.807) is 29.2 Å². The number of carbonyl (C=O) groups excluding carboxylic acids is 2. The maximum absolute atomic E-state index is 12.3. The molecular weight excluding hydrogens is 306 g/mol. The van der Waals surface area contributed by atoms with Crippen molar-refractivity contribution < 1.29 is 14.3 Å². The molecular formula is C18H27N3O3. The summed E-state index contributed by atoms with van der Waals surface area (Å²) < 4.78 is 5.63. The third-order valence-electron chi connectivity index (χ3n) is 3.78. The number of hydrogen-bond donors (Lipinski definition) is 2. The minimum absolute atomic E-state index is 0.0338. The SMILES string of the molecule is CC(C)CNC(=O)c1ccc(NC(=O)N2C[C@@H](C)O[C@H](C)C2)cc1. The number of morpholine rings is 1. The number of nitrogens with one attached hydrogen (secondary N) is 2. The minimum Gasteiger partial charge on any atom is -0.372 e. The first-order chi connectivity index (χ1) is 11.3. The number of carbonyl (C=O) groups is 2. The second-order valence-corrected chi connectivity index (χ2v) is 6.77. The summed E-state index contributed by atoms with van der Waals surface area (Å²) in [7, 11) is 0. The van der Waals surface area contributed by atoms with Crippen molar-refractivity contribution in [2.45, 2.75) is 39.9 Å². The number of urea groups is 1. The van der Waals surface area contributed by atoms with Gasteiger partial charge in [-0.25, -0.2) is 4.79 Å². The van der Waals surface area contributed by atoms with Crippen LogP contribution in [0.1, 0.15) is 38.1 Å². The van der Waals surface area contributed by atoms with Crippen LogP contribution in [0.15, 0.2) is 24.3 Å². The van der Waals surface area contributed by atoms with E-state index in [9.17, 15) is 9.59 Å². The van der Waals surface area contributed by atoms with E-state index >= 15 is 0 Å². The van der Waals surface area contributed by atoms with Gasteiger partial charge in [-0.2, -0.15) is 0 Å².